The van der Waals surface area contributed by atoms with E-state index in [0.717, 1.165) is 38.5 Å². The molecule has 0 aromatic rings. The molecule has 2 N–H and O–H groups in total. The van der Waals surface area contributed by atoms with Crippen LogP contribution < -0.4 is 0 Å². The Labute approximate surface area is 133 Å². The number of hydrogen-bond donors (Lipinski definition) is 2. The molecule has 0 heterocycles. The lowest BCUT2D eigenvalue weighted by atomic mass is 9.44. The van der Waals surface area contributed by atoms with Gasteiger partial charge in [0, 0.05) is 11.8 Å². The van der Waals surface area contributed by atoms with Crippen LogP contribution in [-0.2, 0) is 4.79 Å². The third-order valence-corrected chi connectivity index (χ3v) is 8.28. The molecule has 0 saturated heterocycles. The summed E-state index contributed by atoms with van der Waals surface area (Å²) >= 11 is 0. The first-order chi connectivity index (χ1) is 10.4. The average molecular weight is 306 g/mol. The van der Waals surface area contributed by atoms with Gasteiger partial charge in [0.05, 0.1) is 12.2 Å². The fourth-order valence-corrected chi connectivity index (χ4v) is 7.13. The number of Topliss-reactive ketones (excluding diaryl/α,β-unsaturated/α-hetero) is 1. The van der Waals surface area contributed by atoms with Crippen LogP contribution in [0, 0.1) is 34.5 Å². The zero-order chi connectivity index (χ0) is 15.7. The second kappa shape index (κ2) is 4.80. The van der Waals surface area contributed by atoms with Crippen LogP contribution in [0.3, 0.4) is 0 Å². The number of fused-ring (bicyclic) bond motifs is 5. The normalized spacial score (nSPS) is 57.9. The topological polar surface area (TPSA) is 57.5 Å². The first kappa shape index (κ1) is 15.1. The zero-order valence-electron chi connectivity index (χ0n) is 13.9. The number of rotatable bonds is 0. The SMILES string of the molecule is C[C@]12CC[C@H](O)C[C@H]1CC[C@@H]1[C@@H]2[C@@H](O)C[C@]2(C)C(=O)CC[C@H]12. The third kappa shape index (κ3) is 1.84. The molecule has 3 nitrogen and oxygen atoms in total. The largest absolute Gasteiger partial charge is 0.393 e. The molecular formula is C19H30O3. The van der Waals surface area contributed by atoms with Crippen molar-refractivity contribution < 1.29 is 15.0 Å². The van der Waals surface area contributed by atoms with Crippen molar-refractivity contribution in [2.75, 3.05) is 0 Å². The second-order valence-corrected chi connectivity index (χ2v) is 9.16. The molecule has 0 aliphatic heterocycles. The molecule has 124 valence electrons. The number of carbonyl (C=O) groups excluding carboxylic acids is 1. The van der Waals surface area contributed by atoms with Gasteiger partial charge in [-0.05, 0) is 74.0 Å². The molecule has 4 saturated carbocycles. The molecule has 22 heavy (non-hydrogen) atoms. The summed E-state index contributed by atoms with van der Waals surface area (Å²) in [5.41, 5.74) is -0.105. The molecule has 0 spiro atoms. The molecule has 0 unspecified atom stereocenters. The Morgan fingerprint density at radius 3 is 2.64 bits per heavy atom. The average Bonchev–Trinajstić information content (AvgIpc) is 2.75. The Hall–Kier alpha value is -0.410. The Morgan fingerprint density at radius 1 is 1.09 bits per heavy atom. The van der Waals surface area contributed by atoms with Gasteiger partial charge in [-0.1, -0.05) is 13.8 Å². The number of aliphatic hydroxyl groups is 2. The molecule has 0 aromatic carbocycles. The van der Waals surface area contributed by atoms with Crippen molar-refractivity contribution in [1.82, 2.24) is 0 Å². The van der Waals surface area contributed by atoms with E-state index < -0.39 is 0 Å². The Balaban J connectivity index is 1.69. The van der Waals surface area contributed by atoms with Gasteiger partial charge in [-0.25, -0.2) is 0 Å². The Kier molecular flexibility index (Phi) is 3.30. The van der Waals surface area contributed by atoms with Gasteiger partial charge >= 0.3 is 0 Å². The lowest BCUT2D eigenvalue weighted by molar-refractivity contribution is -0.175. The van der Waals surface area contributed by atoms with Crippen molar-refractivity contribution in [2.45, 2.75) is 77.4 Å². The van der Waals surface area contributed by atoms with Gasteiger partial charge in [0.2, 0.25) is 0 Å². The molecule has 4 aliphatic rings. The smallest absolute Gasteiger partial charge is 0.139 e. The summed E-state index contributed by atoms with van der Waals surface area (Å²) in [5, 5.41) is 21.0. The molecule has 0 aromatic heterocycles. The minimum Gasteiger partial charge on any atom is -0.393 e. The van der Waals surface area contributed by atoms with E-state index in [1.807, 2.05) is 0 Å². The summed E-state index contributed by atoms with van der Waals surface area (Å²) in [6.45, 7) is 4.48. The van der Waals surface area contributed by atoms with Crippen LogP contribution in [0.25, 0.3) is 0 Å². The number of hydrogen-bond acceptors (Lipinski definition) is 3. The van der Waals surface area contributed by atoms with Crippen molar-refractivity contribution in [2.24, 2.45) is 34.5 Å². The second-order valence-electron chi connectivity index (χ2n) is 9.16. The summed E-state index contributed by atoms with van der Waals surface area (Å²) in [7, 11) is 0. The quantitative estimate of drug-likeness (QED) is 0.723. The van der Waals surface area contributed by atoms with Gasteiger partial charge in [0.25, 0.3) is 0 Å². The van der Waals surface area contributed by atoms with E-state index in [1.54, 1.807) is 0 Å². The monoisotopic (exact) mass is 306 g/mol. The predicted molar refractivity (Wildman–Crippen MR) is 84.1 cm³/mol. The van der Waals surface area contributed by atoms with E-state index in [1.165, 1.54) is 6.42 Å². The van der Waals surface area contributed by atoms with Crippen molar-refractivity contribution in [3.05, 3.63) is 0 Å². The van der Waals surface area contributed by atoms with Crippen molar-refractivity contribution in [3.63, 3.8) is 0 Å². The van der Waals surface area contributed by atoms with Crippen LogP contribution >= 0.6 is 0 Å². The van der Waals surface area contributed by atoms with Crippen molar-refractivity contribution in [3.8, 4) is 0 Å². The highest BCUT2D eigenvalue weighted by atomic mass is 16.3. The van der Waals surface area contributed by atoms with Crippen LogP contribution in [0.5, 0.6) is 0 Å². The van der Waals surface area contributed by atoms with Gasteiger partial charge in [-0.2, -0.15) is 0 Å². The molecule has 3 heteroatoms. The number of ketones is 1. The highest BCUT2D eigenvalue weighted by molar-refractivity contribution is 5.87. The summed E-state index contributed by atoms with van der Waals surface area (Å²) in [6.07, 6.45) is 7.08. The van der Waals surface area contributed by atoms with Gasteiger partial charge < -0.3 is 10.2 Å². The van der Waals surface area contributed by atoms with E-state index in [2.05, 4.69) is 13.8 Å². The maximum absolute atomic E-state index is 12.4. The zero-order valence-corrected chi connectivity index (χ0v) is 13.9. The van der Waals surface area contributed by atoms with Gasteiger partial charge in [0.1, 0.15) is 5.78 Å². The third-order valence-electron chi connectivity index (χ3n) is 8.28. The molecular weight excluding hydrogens is 276 g/mol. The first-order valence-corrected chi connectivity index (χ1v) is 9.25. The molecule has 4 fully saturated rings. The molecule has 4 rings (SSSR count). The molecule has 0 radical (unpaired) electrons. The van der Waals surface area contributed by atoms with Crippen LogP contribution in [0.1, 0.15) is 65.2 Å². The highest BCUT2D eigenvalue weighted by Gasteiger charge is 2.63. The fourth-order valence-electron chi connectivity index (χ4n) is 7.13. The van der Waals surface area contributed by atoms with Crippen LogP contribution in [0.2, 0.25) is 0 Å². The minimum atomic E-state index is -0.337. The fraction of sp³-hybridized carbons (Fsp3) is 0.947. The number of carbonyl (C=O) groups is 1. The molecule has 4 aliphatic carbocycles. The van der Waals surface area contributed by atoms with E-state index in [0.29, 0.717) is 35.9 Å². The predicted octanol–water partition coefficient (Wildman–Crippen LogP) is 2.93. The van der Waals surface area contributed by atoms with Gasteiger partial charge in [-0.15, -0.1) is 0 Å². The summed E-state index contributed by atoms with van der Waals surface area (Å²) < 4.78 is 0. The summed E-state index contributed by atoms with van der Waals surface area (Å²) in [5.74, 6) is 2.27. The standard InChI is InChI=1S/C19H30O3/c1-18-8-7-12(20)9-11(18)3-4-13-14-5-6-16(22)19(14,2)10-15(21)17(13)18/h11-15,17,20-21H,3-10H2,1-2H3/t11-,12+,13+,14-,15+,17-,18+,19+/m1/s1. The number of aliphatic hydroxyl groups excluding tert-OH is 2. The molecule has 0 bridgehead atoms. The Bertz CT molecular complexity index is 489. The Morgan fingerprint density at radius 2 is 1.86 bits per heavy atom. The first-order valence-electron chi connectivity index (χ1n) is 9.25. The lowest BCUT2D eigenvalue weighted by Gasteiger charge is -2.61. The maximum Gasteiger partial charge on any atom is 0.139 e. The highest BCUT2D eigenvalue weighted by Crippen LogP contribution is 2.65. The van der Waals surface area contributed by atoms with E-state index in [4.69, 9.17) is 0 Å². The minimum absolute atomic E-state index is 0.145. The van der Waals surface area contributed by atoms with E-state index in [9.17, 15) is 15.0 Å². The molecule has 8 atom stereocenters. The summed E-state index contributed by atoms with van der Waals surface area (Å²) in [4.78, 5) is 12.4. The van der Waals surface area contributed by atoms with E-state index >= 15 is 0 Å². The lowest BCUT2D eigenvalue weighted by Crippen LogP contribution is -2.59. The van der Waals surface area contributed by atoms with Gasteiger partial charge in [-0.3, -0.25) is 4.79 Å². The van der Waals surface area contributed by atoms with Crippen molar-refractivity contribution in [1.29, 1.82) is 0 Å². The van der Waals surface area contributed by atoms with Crippen molar-refractivity contribution >= 4 is 5.78 Å². The van der Waals surface area contributed by atoms with E-state index in [-0.39, 0.29) is 23.0 Å². The summed E-state index contributed by atoms with van der Waals surface area (Å²) in [6, 6.07) is 0. The molecule has 0 amide bonds. The van der Waals surface area contributed by atoms with Crippen LogP contribution in [0.4, 0.5) is 0 Å². The van der Waals surface area contributed by atoms with Gasteiger partial charge in [0.15, 0.2) is 0 Å². The van der Waals surface area contributed by atoms with Crippen LogP contribution in [-0.4, -0.2) is 28.2 Å². The maximum atomic E-state index is 12.4. The van der Waals surface area contributed by atoms with Crippen LogP contribution in [0.15, 0.2) is 0 Å².